The molecule has 5 aromatic carbocycles. The van der Waals surface area contributed by atoms with Crippen LogP contribution in [0, 0.1) is 0 Å². The molecule has 0 spiro atoms. The van der Waals surface area contributed by atoms with Gasteiger partial charge < -0.3 is 28.7 Å². The molecule has 2 fully saturated rings. The number of hydrogen-bond acceptors (Lipinski definition) is 6. The standard InChI is InChI=1S/C44H48N2O6/c1-3-5-21-45(43(47)35-9-7-33-27-39(17-11-31(33)25-35)49-23-19-41-29-51-41)37-13-15-38(16-14-37)46(22-6-4-2)44(48)36-10-8-34-28-40(18-12-32(34)26-36)50-24-20-42-30-52-42/h7-18,25-28,41-42H,3-6,19-24,29-30H2,1-2H3. The number of anilines is 2. The van der Waals surface area contributed by atoms with Crippen LogP contribution in [0.2, 0.25) is 0 Å². The number of fused-ring (bicyclic) bond motifs is 2. The Kier molecular flexibility index (Phi) is 11.3. The van der Waals surface area contributed by atoms with E-state index in [0.29, 0.717) is 49.6 Å². The van der Waals surface area contributed by atoms with Crippen molar-refractivity contribution in [2.45, 2.75) is 64.6 Å². The summed E-state index contributed by atoms with van der Waals surface area (Å²) in [5.41, 5.74) is 2.88. The van der Waals surface area contributed by atoms with E-state index >= 15 is 0 Å². The van der Waals surface area contributed by atoms with Crippen LogP contribution in [0.5, 0.6) is 11.5 Å². The number of benzene rings is 5. The molecule has 0 aromatic heterocycles. The Morgan fingerprint density at radius 3 is 1.35 bits per heavy atom. The van der Waals surface area contributed by atoms with Crippen molar-refractivity contribution >= 4 is 44.7 Å². The summed E-state index contributed by atoms with van der Waals surface area (Å²) in [6, 6.07) is 31.5. The zero-order valence-corrected chi connectivity index (χ0v) is 30.2. The van der Waals surface area contributed by atoms with Crippen LogP contribution < -0.4 is 19.3 Å². The summed E-state index contributed by atoms with van der Waals surface area (Å²) in [5.74, 6) is 1.54. The minimum Gasteiger partial charge on any atom is -0.493 e. The highest BCUT2D eigenvalue weighted by Crippen LogP contribution is 2.29. The monoisotopic (exact) mass is 700 g/mol. The van der Waals surface area contributed by atoms with Gasteiger partial charge in [-0.05, 0) is 107 Å². The zero-order chi connectivity index (χ0) is 35.9. The molecule has 0 N–H and O–H groups in total. The lowest BCUT2D eigenvalue weighted by molar-refractivity contribution is 0.0978. The number of carbonyl (C=O) groups is 2. The fraction of sp³-hybridized carbons (Fsp3) is 0.364. The molecular formula is C44H48N2O6. The van der Waals surface area contributed by atoms with E-state index in [9.17, 15) is 9.59 Å². The van der Waals surface area contributed by atoms with Gasteiger partial charge in [0.15, 0.2) is 0 Å². The Morgan fingerprint density at radius 2 is 0.962 bits per heavy atom. The maximum absolute atomic E-state index is 14.0. The van der Waals surface area contributed by atoms with Gasteiger partial charge >= 0.3 is 0 Å². The van der Waals surface area contributed by atoms with E-state index in [-0.39, 0.29) is 11.8 Å². The predicted octanol–water partition coefficient (Wildman–Crippen LogP) is 9.22. The molecule has 2 amide bonds. The molecule has 0 aliphatic carbocycles. The second-order valence-electron chi connectivity index (χ2n) is 13.8. The Bertz CT molecular complexity index is 1860. The fourth-order valence-electron chi connectivity index (χ4n) is 6.43. The summed E-state index contributed by atoms with van der Waals surface area (Å²) in [6.45, 7) is 8.36. The molecule has 2 saturated heterocycles. The highest BCUT2D eigenvalue weighted by molar-refractivity contribution is 6.09. The Morgan fingerprint density at radius 1 is 0.577 bits per heavy atom. The first kappa shape index (κ1) is 35.5. The van der Waals surface area contributed by atoms with Crippen LogP contribution in [0.3, 0.4) is 0 Å². The second kappa shape index (κ2) is 16.6. The van der Waals surface area contributed by atoms with E-state index in [1.807, 2.05) is 107 Å². The molecule has 5 aromatic rings. The third-order valence-electron chi connectivity index (χ3n) is 9.77. The van der Waals surface area contributed by atoms with Gasteiger partial charge in [0, 0.05) is 48.4 Å². The third kappa shape index (κ3) is 8.92. The smallest absolute Gasteiger partial charge is 0.258 e. The summed E-state index contributed by atoms with van der Waals surface area (Å²) in [4.78, 5) is 31.8. The van der Waals surface area contributed by atoms with Crippen molar-refractivity contribution in [3.63, 3.8) is 0 Å². The van der Waals surface area contributed by atoms with Crippen molar-refractivity contribution in [3.8, 4) is 11.5 Å². The van der Waals surface area contributed by atoms with Crippen LogP contribution in [0.1, 0.15) is 73.1 Å². The molecule has 8 heteroatoms. The van der Waals surface area contributed by atoms with E-state index in [2.05, 4.69) is 13.8 Å². The van der Waals surface area contributed by atoms with E-state index in [1.54, 1.807) is 0 Å². The van der Waals surface area contributed by atoms with E-state index in [4.69, 9.17) is 18.9 Å². The van der Waals surface area contributed by atoms with Crippen LogP contribution in [0.4, 0.5) is 11.4 Å². The van der Waals surface area contributed by atoms with Crippen molar-refractivity contribution in [1.82, 2.24) is 0 Å². The fourth-order valence-corrected chi connectivity index (χ4v) is 6.43. The number of epoxide rings is 2. The average molecular weight is 701 g/mol. The van der Waals surface area contributed by atoms with Crippen LogP contribution in [0.15, 0.2) is 97.1 Å². The average Bonchev–Trinajstić information content (AvgIpc) is 4.12. The number of amides is 2. The number of rotatable bonds is 18. The number of unbranched alkanes of at least 4 members (excludes halogenated alkanes) is 2. The molecular weight excluding hydrogens is 652 g/mol. The van der Waals surface area contributed by atoms with Gasteiger partial charge in [-0.2, -0.15) is 0 Å². The Labute approximate surface area is 306 Å². The lowest BCUT2D eigenvalue weighted by atomic mass is 10.0. The molecule has 7 rings (SSSR count). The van der Waals surface area contributed by atoms with Crippen molar-refractivity contribution in [2.75, 3.05) is 49.3 Å². The van der Waals surface area contributed by atoms with Gasteiger partial charge in [0.1, 0.15) is 11.5 Å². The van der Waals surface area contributed by atoms with Crippen molar-refractivity contribution in [2.24, 2.45) is 0 Å². The molecule has 2 aliphatic rings. The predicted molar refractivity (Wildman–Crippen MR) is 207 cm³/mol. The first-order valence-electron chi connectivity index (χ1n) is 18.8. The molecule has 8 nitrogen and oxygen atoms in total. The summed E-state index contributed by atoms with van der Waals surface area (Å²) in [6.07, 6.45) is 6.15. The first-order chi connectivity index (χ1) is 25.5. The topological polar surface area (TPSA) is 84.1 Å². The van der Waals surface area contributed by atoms with Crippen molar-refractivity contribution in [3.05, 3.63) is 108 Å². The highest BCUT2D eigenvalue weighted by atomic mass is 16.6. The SMILES string of the molecule is CCCCN(C(=O)c1ccc2cc(OCCC3CO3)ccc2c1)c1ccc(N(CCCC)C(=O)c2ccc3cc(OCCC4CO4)ccc3c2)cc1. The van der Waals surface area contributed by atoms with Crippen LogP contribution in [-0.2, 0) is 9.47 Å². The Hall–Kier alpha value is -4.92. The molecule has 2 atom stereocenters. The minimum atomic E-state index is -0.0478. The maximum atomic E-state index is 14.0. The normalized spacial score (nSPS) is 16.1. The highest BCUT2D eigenvalue weighted by Gasteiger charge is 2.24. The van der Waals surface area contributed by atoms with E-state index in [0.717, 1.165) is 96.2 Å². The summed E-state index contributed by atoms with van der Waals surface area (Å²) in [7, 11) is 0. The van der Waals surface area contributed by atoms with Crippen LogP contribution >= 0.6 is 0 Å². The lowest BCUT2D eigenvalue weighted by Crippen LogP contribution is -2.33. The van der Waals surface area contributed by atoms with Crippen LogP contribution in [-0.4, -0.2) is 63.5 Å². The van der Waals surface area contributed by atoms with Gasteiger partial charge in [-0.25, -0.2) is 0 Å². The number of ether oxygens (including phenoxy) is 4. The van der Waals surface area contributed by atoms with Gasteiger partial charge in [0.2, 0.25) is 0 Å². The van der Waals surface area contributed by atoms with Crippen LogP contribution in [0.25, 0.3) is 21.5 Å². The van der Waals surface area contributed by atoms with E-state index in [1.165, 1.54) is 0 Å². The summed E-state index contributed by atoms with van der Waals surface area (Å²) >= 11 is 0. The molecule has 2 unspecified atom stereocenters. The number of carbonyl (C=O) groups excluding carboxylic acids is 2. The van der Waals surface area contributed by atoms with Crippen molar-refractivity contribution < 1.29 is 28.5 Å². The van der Waals surface area contributed by atoms with Gasteiger partial charge in [-0.1, -0.05) is 51.0 Å². The molecule has 2 heterocycles. The Balaban J connectivity index is 1.06. The minimum absolute atomic E-state index is 0.0478. The largest absolute Gasteiger partial charge is 0.493 e. The van der Waals surface area contributed by atoms with E-state index < -0.39 is 0 Å². The summed E-state index contributed by atoms with van der Waals surface area (Å²) in [5, 5.41) is 4.03. The van der Waals surface area contributed by atoms with Gasteiger partial charge in [0.05, 0.1) is 38.6 Å². The molecule has 52 heavy (non-hydrogen) atoms. The van der Waals surface area contributed by atoms with Gasteiger partial charge in [0.25, 0.3) is 11.8 Å². The quantitative estimate of drug-likeness (QED) is 0.0848. The maximum Gasteiger partial charge on any atom is 0.258 e. The second-order valence-corrected chi connectivity index (χ2v) is 13.8. The molecule has 2 aliphatic heterocycles. The molecule has 0 saturated carbocycles. The molecule has 270 valence electrons. The summed E-state index contributed by atoms with van der Waals surface area (Å²) < 4.78 is 22.4. The first-order valence-corrected chi connectivity index (χ1v) is 18.8. The lowest BCUT2D eigenvalue weighted by Gasteiger charge is -2.26. The molecule has 0 radical (unpaired) electrons. The number of hydrogen-bond donors (Lipinski definition) is 0. The van der Waals surface area contributed by atoms with Gasteiger partial charge in [-0.15, -0.1) is 0 Å². The molecule has 0 bridgehead atoms. The number of nitrogens with zero attached hydrogens (tertiary/aromatic N) is 2. The van der Waals surface area contributed by atoms with Crippen molar-refractivity contribution in [1.29, 1.82) is 0 Å². The third-order valence-corrected chi connectivity index (χ3v) is 9.77. The zero-order valence-electron chi connectivity index (χ0n) is 30.2. The van der Waals surface area contributed by atoms with Gasteiger partial charge in [-0.3, -0.25) is 9.59 Å².